The minimum Gasteiger partial charge on any atom is -0.368 e. The number of rotatable bonds is 9. The molecule has 3 N–H and O–H groups in total. The Morgan fingerprint density at radius 2 is 1.76 bits per heavy atom. The summed E-state index contributed by atoms with van der Waals surface area (Å²) in [5.74, 6) is -0.775. The molecule has 0 saturated carbocycles. The fourth-order valence-electron chi connectivity index (χ4n) is 3.78. The third kappa shape index (κ3) is 7.44. The highest BCUT2D eigenvalue weighted by atomic mass is 19.1. The van der Waals surface area contributed by atoms with E-state index < -0.39 is 34.9 Å². The number of aryl methyl sites for hydroxylation is 1. The van der Waals surface area contributed by atoms with Crippen LogP contribution < -0.4 is 16.7 Å². The van der Waals surface area contributed by atoms with Crippen LogP contribution >= 0.6 is 0 Å². The Morgan fingerprint density at radius 3 is 2.30 bits per heavy atom. The van der Waals surface area contributed by atoms with E-state index in [9.17, 15) is 18.8 Å². The van der Waals surface area contributed by atoms with Crippen molar-refractivity contribution in [1.82, 2.24) is 14.5 Å². The van der Waals surface area contributed by atoms with E-state index in [1.54, 1.807) is 20.8 Å². The standard InChI is InChI=1S/C23H35FN4O3.C2H6/c1-6-7-8-9-15(2)12-13-27-18-14-16(24)10-11-17(18)28(22(27)31)21(30)26-19(20(25)29)23(3,4)5;1-2/h10-11,14-15,19H,6-9,12-13H2,1-5H3,(H2,25,29)(H,26,30);1-2H3. The van der Waals surface area contributed by atoms with Gasteiger partial charge in [-0.05, 0) is 36.0 Å². The number of hydrogen-bond donors (Lipinski definition) is 2. The summed E-state index contributed by atoms with van der Waals surface area (Å²) in [6.07, 6.45) is 5.25. The second-order valence-corrected chi connectivity index (χ2v) is 9.44. The highest BCUT2D eigenvalue weighted by molar-refractivity contribution is 5.92. The molecule has 1 aromatic carbocycles. The molecule has 0 aliphatic heterocycles. The van der Waals surface area contributed by atoms with Gasteiger partial charge in [-0.15, -0.1) is 0 Å². The van der Waals surface area contributed by atoms with Crippen molar-refractivity contribution < 1.29 is 14.0 Å². The summed E-state index contributed by atoms with van der Waals surface area (Å²) in [6, 6.07) is 2.15. The van der Waals surface area contributed by atoms with Crippen molar-refractivity contribution in [3.8, 4) is 0 Å². The minimum atomic E-state index is -0.968. The first-order valence-corrected chi connectivity index (χ1v) is 12.0. The van der Waals surface area contributed by atoms with E-state index in [0.29, 0.717) is 23.5 Å². The molecule has 2 unspecified atom stereocenters. The Bertz CT molecular complexity index is 988. The molecule has 2 aromatic rings. The van der Waals surface area contributed by atoms with Gasteiger partial charge in [0.05, 0.1) is 11.0 Å². The number of nitrogens with zero attached hydrogens (tertiary/aromatic N) is 2. The normalized spacial score (nSPS) is 13.2. The summed E-state index contributed by atoms with van der Waals surface area (Å²) in [5, 5.41) is 2.58. The molecular weight excluding hydrogens is 423 g/mol. The molecule has 1 aromatic heterocycles. The number of nitrogens with two attached hydrogens (primary N) is 1. The van der Waals surface area contributed by atoms with Crippen LogP contribution in [0.3, 0.4) is 0 Å². The maximum Gasteiger partial charge on any atom is 0.337 e. The minimum absolute atomic E-state index is 0.291. The lowest BCUT2D eigenvalue weighted by molar-refractivity contribution is -0.122. The number of carbonyl (C=O) groups excluding carboxylic acids is 2. The number of hydrogen-bond acceptors (Lipinski definition) is 3. The third-order valence-electron chi connectivity index (χ3n) is 5.66. The molecule has 2 atom stereocenters. The van der Waals surface area contributed by atoms with Crippen LogP contribution in [0.15, 0.2) is 23.0 Å². The Labute approximate surface area is 196 Å². The smallest absolute Gasteiger partial charge is 0.337 e. The van der Waals surface area contributed by atoms with E-state index >= 15 is 0 Å². The zero-order chi connectivity index (χ0) is 25.3. The largest absolute Gasteiger partial charge is 0.368 e. The number of benzene rings is 1. The lowest BCUT2D eigenvalue weighted by Gasteiger charge is -2.28. The molecule has 8 heteroatoms. The number of amides is 2. The fraction of sp³-hybridized carbons (Fsp3) is 0.640. The van der Waals surface area contributed by atoms with Crippen LogP contribution in [-0.4, -0.2) is 27.1 Å². The molecule has 0 aliphatic rings. The second kappa shape index (κ2) is 12.6. The van der Waals surface area contributed by atoms with Crippen LogP contribution in [0.4, 0.5) is 9.18 Å². The summed E-state index contributed by atoms with van der Waals surface area (Å²) >= 11 is 0. The van der Waals surface area contributed by atoms with E-state index in [1.807, 2.05) is 13.8 Å². The quantitative estimate of drug-likeness (QED) is 0.509. The van der Waals surface area contributed by atoms with Gasteiger partial charge in [-0.2, -0.15) is 0 Å². The van der Waals surface area contributed by atoms with Gasteiger partial charge in [0.25, 0.3) is 0 Å². The molecule has 0 saturated heterocycles. The number of unbranched alkanes of at least 4 members (excludes halogenated alkanes) is 2. The van der Waals surface area contributed by atoms with Crippen LogP contribution in [0.5, 0.6) is 0 Å². The molecule has 33 heavy (non-hydrogen) atoms. The Hall–Kier alpha value is -2.64. The van der Waals surface area contributed by atoms with E-state index in [1.165, 1.54) is 29.2 Å². The molecule has 0 aliphatic carbocycles. The number of nitrogens with one attached hydrogen (secondary N) is 1. The number of fused-ring (bicyclic) bond motifs is 1. The van der Waals surface area contributed by atoms with E-state index in [2.05, 4.69) is 19.2 Å². The van der Waals surface area contributed by atoms with Crippen molar-refractivity contribution in [3.63, 3.8) is 0 Å². The zero-order valence-electron chi connectivity index (χ0n) is 21.2. The van der Waals surface area contributed by atoms with Crippen LogP contribution in [0.2, 0.25) is 0 Å². The van der Waals surface area contributed by atoms with Gasteiger partial charge in [0, 0.05) is 6.54 Å². The zero-order valence-corrected chi connectivity index (χ0v) is 21.2. The van der Waals surface area contributed by atoms with Gasteiger partial charge in [-0.3, -0.25) is 9.36 Å². The van der Waals surface area contributed by atoms with Crippen molar-refractivity contribution in [3.05, 3.63) is 34.5 Å². The predicted molar refractivity (Wildman–Crippen MR) is 132 cm³/mol. The maximum atomic E-state index is 13.9. The highest BCUT2D eigenvalue weighted by Crippen LogP contribution is 2.21. The topological polar surface area (TPSA) is 99.1 Å². The molecule has 1 heterocycles. The van der Waals surface area contributed by atoms with E-state index in [0.717, 1.165) is 30.3 Å². The average molecular weight is 465 g/mol. The first-order chi connectivity index (χ1) is 15.5. The molecule has 0 bridgehead atoms. The molecular formula is C25H41FN4O3. The van der Waals surface area contributed by atoms with E-state index in [-0.39, 0.29) is 0 Å². The van der Waals surface area contributed by atoms with Crippen molar-refractivity contribution in [2.75, 3.05) is 0 Å². The first-order valence-electron chi connectivity index (χ1n) is 12.0. The van der Waals surface area contributed by atoms with Gasteiger partial charge in [0.2, 0.25) is 5.91 Å². The Morgan fingerprint density at radius 1 is 1.12 bits per heavy atom. The molecule has 7 nitrogen and oxygen atoms in total. The van der Waals surface area contributed by atoms with Crippen LogP contribution in [0, 0.1) is 17.2 Å². The maximum absolute atomic E-state index is 13.9. The molecule has 2 rings (SSSR count). The van der Waals surface area contributed by atoms with Crippen molar-refractivity contribution in [1.29, 1.82) is 0 Å². The Balaban J connectivity index is 0.00000265. The van der Waals surface area contributed by atoms with Gasteiger partial charge in [-0.1, -0.05) is 74.1 Å². The van der Waals surface area contributed by atoms with Gasteiger partial charge >= 0.3 is 11.7 Å². The molecule has 0 radical (unpaired) electrons. The summed E-state index contributed by atoms with van der Waals surface area (Å²) in [6.45, 7) is 14.0. The molecule has 186 valence electrons. The van der Waals surface area contributed by atoms with Crippen LogP contribution in [0.25, 0.3) is 11.0 Å². The lowest BCUT2D eigenvalue weighted by Crippen LogP contribution is -2.54. The van der Waals surface area contributed by atoms with Crippen molar-refractivity contribution in [2.24, 2.45) is 17.1 Å². The van der Waals surface area contributed by atoms with Crippen molar-refractivity contribution in [2.45, 2.75) is 93.2 Å². The van der Waals surface area contributed by atoms with E-state index in [4.69, 9.17) is 5.73 Å². The Kier molecular flexibility index (Phi) is 10.8. The van der Waals surface area contributed by atoms with Gasteiger partial charge in [0.15, 0.2) is 0 Å². The number of aromatic nitrogens is 2. The third-order valence-corrected chi connectivity index (χ3v) is 5.66. The number of halogens is 1. The molecule has 2 amide bonds. The molecule has 0 spiro atoms. The van der Waals surface area contributed by atoms with Crippen LogP contribution in [-0.2, 0) is 11.3 Å². The van der Waals surface area contributed by atoms with Crippen LogP contribution in [0.1, 0.15) is 80.6 Å². The van der Waals surface area contributed by atoms with Gasteiger partial charge < -0.3 is 11.1 Å². The monoisotopic (exact) mass is 464 g/mol. The summed E-state index contributed by atoms with van der Waals surface area (Å²) in [4.78, 5) is 38.0. The lowest BCUT2D eigenvalue weighted by atomic mass is 9.86. The number of carbonyl (C=O) groups is 2. The van der Waals surface area contributed by atoms with Gasteiger partial charge in [-0.25, -0.2) is 18.5 Å². The van der Waals surface area contributed by atoms with Gasteiger partial charge in [0.1, 0.15) is 11.9 Å². The average Bonchev–Trinajstić information content (AvgIpc) is 3.01. The highest BCUT2D eigenvalue weighted by Gasteiger charge is 2.32. The summed E-state index contributed by atoms with van der Waals surface area (Å²) in [5.41, 5.74) is 4.91. The van der Waals surface area contributed by atoms with Crippen molar-refractivity contribution >= 4 is 23.0 Å². The number of primary amides is 1. The predicted octanol–water partition coefficient (Wildman–Crippen LogP) is 5.03. The fourth-order valence-corrected chi connectivity index (χ4v) is 3.78. The second-order valence-electron chi connectivity index (χ2n) is 9.44. The number of imidazole rings is 1. The SMILES string of the molecule is CC.CCCCCC(C)CCn1c(=O)n(C(=O)NC(C(N)=O)C(C)(C)C)c2ccc(F)cc21. The first kappa shape index (κ1) is 28.4. The summed E-state index contributed by atoms with van der Waals surface area (Å²) < 4.78 is 16.3. The summed E-state index contributed by atoms with van der Waals surface area (Å²) in [7, 11) is 0. The molecule has 0 fully saturated rings.